The molecule has 2 N–H and O–H groups in total. The van der Waals surface area contributed by atoms with Gasteiger partial charge in [0.2, 0.25) is 10.0 Å². The molecule has 0 unspecified atom stereocenters. The minimum absolute atomic E-state index is 0. The molecule has 28 heavy (non-hydrogen) atoms. The number of sulfonamides is 1. The molecular weight excluding hydrogens is 404 g/mol. The number of nitrogens with zero attached hydrogens (tertiary/aromatic N) is 2. The molecule has 1 aromatic heterocycles. The predicted octanol–water partition coefficient (Wildman–Crippen LogP) is 3.16. The number of hydrogen-bond donors (Lipinski definition) is 2. The number of aromatic nitrogens is 1. The Morgan fingerprint density at radius 3 is 2.50 bits per heavy atom. The van der Waals surface area contributed by atoms with E-state index in [1.807, 2.05) is 0 Å². The molecule has 1 aromatic carbocycles. The van der Waals surface area contributed by atoms with Crippen LogP contribution in [0.5, 0.6) is 0 Å². The van der Waals surface area contributed by atoms with E-state index < -0.39 is 14.9 Å². The van der Waals surface area contributed by atoms with Gasteiger partial charge < -0.3 is 5.32 Å². The molecule has 0 spiro atoms. The number of pyridine rings is 1. The fourth-order valence-electron chi connectivity index (χ4n) is 3.53. The monoisotopic (exact) mass is 428 g/mol. The maximum Gasteiger partial charge on any atom is 0.278 e. The molecule has 1 saturated carbocycles. The number of nitrogens with one attached hydrogen (secondary N) is 2. The van der Waals surface area contributed by atoms with Crippen LogP contribution in [0.1, 0.15) is 38.5 Å². The normalized spacial score (nSPS) is 15.7. The molecular formula is C18H25ClN4O4S. The number of hydrogen-bond acceptors (Lipinski definition) is 6. The lowest BCUT2D eigenvalue weighted by Crippen LogP contribution is -2.36. The average molecular weight is 429 g/mol. The van der Waals surface area contributed by atoms with E-state index in [1.54, 1.807) is 6.07 Å². The molecule has 0 bridgehead atoms. The van der Waals surface area contributed by atoms with Gasteiger partial charge in [-0.1, -0.05) is 25.7 Å². The molecule has 154 valence electrons. The van der Waals surface area contributed by atoms with E-state index in [0.717, 1.165) is 12.8 Å². The van der Waals surface area contributed by atoms with Gasteiger partial charge in [0, 0.05) is 31.4 Å². The van der Waals surface area contributed by atoms with Crippen LogP contribution in [0.2, 0.25) is 0 Å². The van der Waals surface area contributed by atoms with Crippen molar-refractivity contribution in [3.8, 4) is 0 Å². The summed E-state index contributed by atoms with van der Waals surface area (Å²) in [6.45, 7) is 0.798. The maximum absolute atomic E-state index is 12.7. The average Bonchev–Trinajstić information content (AvgIpc) is 2.93. The molecule has 1 aliphatic carbocycles. The second-order valence-corrected chi connectivity index (χ2v) is 8.52. The number of nitro benzene ring substituents is 1. The third-order valence-corrected chi connectivity index (χ3v) is 6.39. The van der Waals surface area contributed by atoms with Crippen molar-refractivity contribution in [2.45, 2.75) is 49.5 Å². The Morgan fingerprint density at radius 1 is 1.11 bits per heavy atom. The summed E-state index contributed by atoms with van der Waals surface area (Å²) in [6, 6.07) is 5.96. The largest absolute Gasteiger partial charge is 0.313 e. The number of nitro groups is 1. The fraction of sp³-hybridized carbons (Fsp3) is 0.500. The van der Waals surface area contributed by atoms with Gasteiger partial charge in [-0.15, -0.1) is 12.4 Å². The van der Waals surface area contributed by atoms with Crippen LogP contribution in [0, 0.1) is 10.1 Å². The number of fused-ring (bicyclic) bond motifs is 1. The van der Waals surface area contributed by atoms with E-state index >= 15 is 0 Å². The highest BCUT2D eigenvalue weighted by atomic mass is 35.5. The first kappa shape index (κ1) is 22.5. The van der Waals surface area contributed by atoms with Gasteiger partial charge in [0.05, 0.1) is 15.8 Å². The van der Waals surface area contributed by atoms with Crippen LogP contribution in [0.15, 0.2) is 35.4 Å². The summed E-state index contributed by atoms with van der Waals surface area (Å²) in [5, 5.41) is 14.8. The van der Waals surface area contributed by atoms with Crippen molar-refractivity contribution in [2.24, 2.45) is 0 Å². The SMILES string of the molecule is Cl.O=[N+]([O-])c1ccc(S(=O)(=O)NCCNC2CCCCCC2)c2ncccc12. The standard InChI is InChI=1S/C18H24N4O4S.ClH/c23-22(24)16-9-10-17(18-15(16)8-5-11-20-18)27(25,26)21-13-12-19-14-6-3-1-2-4-7-14;/h5,8-11,14,19,21H,1-4,6-7,12-13H2;1H. The van der Waals surface area contributed by atoms with Crippen LogP contribution in [0.25, 0.3) is 10.9 Å². The smallest absolute Gasteiger partial charge is 0.278 e. The molecule has 0 radical (unpaired) electrons. The Kier molecular flexibility index (Phi) is 8.11. The Bertz CT molecular complexity index is 915. The van der Waals surface area contributed by atoms with Gasteiger partial charge in [-0.05, 0) is 31.0 Å². The van der Waals surface area contributed by atoms with Gasteiger partial charge in [0.25, 0.3) is 5.69 Å². The molecule has 0 aliphatic heterocycles. The highest BCUT2D eigenvalue weighted by molar-refractivity contribution is 7.89. The highest BCUT2D eigenvalue weighted by Crippen LogP contribution is 2.29. The Morgan fingerprint density at radius 2 is 1.82 bits per heavy atom. The minimum Gasteiger partial charge on any atom is -0.313 e. The van der Waals surface area contributed by atoms with Gasteiger partial charge >= 0.3 is 0 Å². The van der Waals surface area contributed by atoms with Gasteiger partial charge in [-0.3, -0.25) is 15.1 Å². The number of non-ortho nitro benzene ring substituents is 1. The van der Waals surface area contributed by atoms with Crippen LogP contribution in [-0.2, 0) is 10.0 Å². The summed E-state index contributed by atoms with van der Waals surface area (Å²) in [4.78, 5) is 14.6. The summed E-state index contributed by atoms with van der Waals surface area (Å²) in [7, 11) is -3.81. The van der Waals surface area contributed by atoms with E-state index in [0.29, 0.717) is 12.6 Å². The molecule has 0 amide bonds. The van der Waals surface area contributed by atoms with E-state index in [4.69, 9.17) is 0 Å². The fourth-order valence-corrected chi connectivity index (χ4v) is 4.72. The minimum atomic E-state index is -3.81. The van der Waals surface area contributed by atoms with E-state index in [2.05, 4.69) is 15.0 Å². The zero-order chi connectivity index (χ0) is 19.3. The molecule has 0 saturated heterocycles. The zero-order valence-corrected chi connectivity index (χ0v) is 17.1. The highest BCUT2D eigenvalue weighted by Gasteiger charge is 2.23. The first-order valence-electron chi connectivity index (χ1n) is 9.24. The predicted molar refractivity (Wildman–Crippen MR) is 110 cm³/mol. The van der Waals surface area contributed by atoms with E-state index in [1.165, 1.54) is 50.1 Å². The van der Waals surface area contributed by atoms with Crippen LogP contribution >= 0.6 is 12.4 Å². The third-order valence-electron chi connectivity index (χ3n) is 4.90. The Labute approximate surface area is 170 Å². The Hall–Kier alpha value is -1.81. The first-order valence-corrected chi connectivity index (χ1v) is 10.7. The lowest BCUT2D eigenvalue weighted by Gasteiger charge is -2.16. The summed E-state index contributed by atoms with van der Waals surface area (Å²) in [5.41, 5.74) is -0.0528. The van der Waals surface area contributed by atoms with Gasteiger partial charge in [-0.25, -0.2) is 13.1 Å². The van der Waals surface area contributed by atoms with Crippen LogP contribution in [0.3, 0.4) is 0 Å². The third kappa shape index (κ3) is 5.38. The lowest BCUT2D eigenvalue weighted by atomic mass is 10.1. The molecule has 10 heteroatoms. The Balaban J connectivity index is 0.00000280. The van der Waals surface area contributed by atoms with E-state index in [-0.39, 0.29) is 40.4 Å². The van der Waals surface area contributed by atoms with Crippen molar-refractivity contribution in [1.82, 2.24) is 15.0 Å². The molecule has 1 fully saturated rings. The second-order valence-electron chi connectivity index (χ2n) is 6.78. The number of benzene rings is 1. The topological polar surface area (TPSA) is 114 Å². The van der Waals surface area contributed by atoms with Crippen molar-refractivity contribution in [3.05, 3.63) is 40.6 Å². The number of rotatable bonds is 7. The molecule has 8 nitrogen and oxygen atoms in total. The van der Waals surface area contributed by atoms with Crippen LogP contribution in [-0.4, -0.2) is 37.5 Å². The first-order chi connectivity index (χ1) is 13.0. The molecule has 0 atom stereocenters. The van der Waals surface area contributed by atoms with Crippen molar-refractivity contribution in [1.29, 1.82) is 0 Å². The zero-order valence-electron chi connectivity index (χ0n) is 15.5. The molecule has 2 aromatic rings. The summed E-state index contributed by atoms with van der Waals surface area (Å²) >= 11 is 0. The van der Waals surface area contributed by atoms with Gasteiger partial charge in [-0.2, -0.15) is 0 Å². The summed E-state index contributed by atoms with van der Waals surface area (Å²) < 4.78 is 27.9. The van der Waals surface area contributed by atoms with Gasteiger partial charge in [0.1, 0.15) is 4.90 Å². The maximum atomic E-state index is 12.7. The van der Waals surface area contributed by atoms with E-state index in [9.17, 15) is 18.5 Å². The van der Waals surface area contributed by atoms with Crippen molar-refractivity contribution < 1.29 is 13.3 Å². The van der Waals surface area contributed by atoms with Crippen molar-refractivity contribution >= 4 is 39.0 Å². The summed E-state index contributed by atoms with van der Waals surface area (Å²) in [6.07, 6.45) is 8.65. The van der Waals surface area contributed by atoms with Crippen LogP contribution in [0.4, 0.5) is 5.69 Å². The van der Waals surface area contributed by atoms with Crippen molar-refractivity contribution in [2.75, 3.05) is 13.1 Å². The van der Waals surface area contributed by atoms with Crippen LogP contribution < -0.4 is 10.0 Å². The molecule has 1 heterocycles. The molecule has 1 aliphatic rings. The molecule has 3 rings (SSSR count). The quantitative estimate of drug-likeness (QED) is 0.303. The summed E-state index contributed by atoms with van der Waals surface area (Å²) in [5.74, 6) is 0. The van der Waals surface area contributed by atoms with Crippen molar-refractivity contribution in [3.63, 3.8) is 0 Å². The second kappa shape index (κ2) is 10.1. The van der Waals surface area contributed by atoms with Gasteiger partial charge in [0.15, 0.2) is 0 Å². The lowest BCUT2D eigenvalue weighted by molar-refractivity contribution is -0.383. The number of halogens is 1.